The predicted molar refractivity (Wildman–Crippen MR) is 131 cm³/mol. The largest absolute Gasteiger partial charge is 0.494 e. The number of aromatic nitrogens is 6. The van der Waals surface area contributed by atoms with Crippen molar-refractivity contribution in [2.75, 3.05) is 6.61 Å². The molecule has 10 heteroatoms. The Balaban J connectivity index is 1.56. The molecule has 33 heavy (non-hydrogen) atoms. The lowest BCUT2D eigenvalue weighted by atomic mass is 10.2. The number of hydrogen-bond acceptors (Lipinski definition) is 8. The van der Waals surface area contributed by atoms with Crippen LogP contribution in [0.4, 0.5) is 0 Å². The molecule has 1 aliphatic carbocycles. The van der Waals surface area contributed by atoms with E-state index in [1.165, 1.54) is 22.2 Å². The summed E-state index contributed by atoms with van der Waals surface area (Å²) >= 11 is 3.16. The molecule has 0 saturated carbocycles. The number of ether oxygens (including phenoxy) is 1. The van der Waals surface area contributed by atoms with Crippen LogP contribution in [0.5, 0.6) is 5.75 Å². The van der Waals surface area contributed by atoms with E-state index in [0.29, 0.717) is 17.5 Å². The van der Waals surface area contributed by atoms with Gasteiger partial charge >= 0.3 is 0 Å². The lowest BCUT2D eigenvalue weighted by Gasteiger charge is -2.13. The zero-order valence-corrected chi connectivity index (χ0v) is 20.4. The van der Waals surface area contributed by atoms with Gasteiger partial charge in [0.2, 0.25) is 0 Å². The number of benzene rings is 1. The van der Waals surface area contributed by atoms with E-state index in [4.69, 9.17) is 9.72 Å². The molecule has 4 aromatic rings. The molecule has 0 bridgehead atoms. The first-order valence-electron chi connectivity index (χ1n) is 11.4. The van der Waals surface area contributed by atoms with Crippen molar-refractivity contribution in [1.29, 1.82) is 0 Å². The van der Waals surface area contributed by atoms with Gasteiger partial charge < -0.3 is 4.74 Å². The summed E-state index contributed by atoms with van der Waals surface area (Å²) in [4.78, 5) is 20.9. The van der Waals surface area contributed by atoms with Gasteiger partial charge in [-0.05, 0) is 72.9 Å². The van der Waals surface area contributed by atoms with Crippen molar-refractivity contribution in [2.24, 2.45) is 0 Å². The number of thioether (sulfide) groups is 1. The van der Waals surface area contributed by atoms with Crippen LogP contribution in [0.3, 0.4) is 0 Å². The Labute approximate surface area is 200 Å². The summed E-state index contributed by atoms with van der Waals surface area (Å²) in [6.07, 6.45) is 5.19. The highest BCUT2D eigenvalue weighted by Crippen LogP contribution is 2.36. The summed E-state index contributed by atoms with van der Waals surface area (Å²) in [5.41, 5.74) is 1.97. The lowest BCUT2D eigenvalue weighted by molar-refractivity contribution is 0.340. The topological polar surface area (TPSA) is 87.7 Å². The molecule has 0 fully saturated rings. The summed E-state index contributed by atoms with van der Waals surface area (Å²) in [5, 5.41) is 13.6. The zero-order chi connectivity index (χ0) is 22.8. The van der Waals surface area contributed by atoms with Crippen molar-refractivity contribution >= 4 is 33.3 Å². The Morgan fingerprint density at radius 3 is 2.82 bits per heavy atom. The third kappa shape index (κ3) is 4.29. The molecule has 8 nitrogen and oxygen atoms in total. The van der Waals surface area contributed by atoms with Crippen molar-refractivity contribution in [2.45, 2.75) is 63.4 Å². The molecule has 0 unspecified atom stereocenters. The Kier molecular flexibility index (Phi) is 6.45. The Morgan fingerprint density at radius 1 is 1.18 bits per heavy atom. The number of aryl methyl sites for hydroxylation is 3. The standard InChI is InChI=1S/C23H26N6O2S2/c1-3-5-13-28-19(25-26-27-28)14-32-23-24-21-20(17-7-6-8-18(17)33-21)22(30)29(23)15-9-11-16(12-10-15)31-4-2/h9-12H,3-8,13-14H2,1-2H3. The molecular formula is C23H26N6O2S2. The molecule has 0 radical (unpaired) electrons. The molecule has 3 heterocycles. The molecule has 0 N–H and O–H groups in total. The molecule has 1 aromatic carbocycles. The van der Waals surface area contributed by atoms with Gasteiger partial charge in [0.25, 0.3) is 5.56 Å². The fourth-order valence-corrected chi connectivity index (χ4v) is 6.39. The van der Waals surface area contributed by atoms with Crippen molar-refractivity contribution < 1.29 is 4.74 Å². The van der Waals surface area contributed by atoms with Gasteiger partial charge in [-0.15, -0.1) is 16.4 Å². The van der Waals surface area contributed by atoms with Crippen LogP contribution in [0.2, 0.25) is 0 Å². The number of thiophene rings is 1. The maximum atomic E-state index is 13.8. The molecule has 0 spiro atoms. The second-order valence-electron chi connectivity index (χ2n) is 7.96. The average molecular weight is 483 g/mol. The molecule has 3 aromatic heterocycles. The van der Waals surface area contributed by atoms with Crippen LogP contribution in [0.1, 0.15) is 49.4 Å². The van der Waals surface area contributed by atoms with E-state index in [-0.39, 0.29) is 5.56 Å². The number of tetrazole rings is 1. The third-order valence-corrected chi connectivity index (χ3v) is 7.89. The monoisotopic (exact) mass is 482 g/mol. The highest BCUT2D eigenvalue weighted by Gasteiger charge is 2.24. The van der Waals surface area contributed by atoms with Gasteiger partial charge in [-0.3, -0.25) is 9.36 Å². The molecule has 0 saturated heterocycles. The van der Waals surface area contributed by atoms with Gasteiger partial charge in [0.15, 0.2) is 11.0 Å². The van der Waals surface area contributed by atoms with E-state index >= 15 is 0 Å². The van der Waals surface area contributed by atoms with Crippen molar-refractivity contribution in [3.05, 3.63) is 50.9 Å². The Bertz CT molecular complexity index is 1330. The number of fused-ring (bicyclic) bond motifs is 3. The van der Waals surface area contributed by atoms with Crippen molar-refractivity contribution in [1.82, 2.24) is 29.8 Å². The fourth-order valence-electron chi connectivity index (χ4n) is 4.14. The first kappa shape index (κ1) is 22.1. The first-order chi connectivity index (χ1) is 16.2. The molecule has 0 amide bonds. The van der Waals surface area contributed by atoms with E-state index in [1.54, 1.807) is 15.9 Å². The van der Waals surface area contributed by atoms with Crippen LogP contribution in [0.25, 0.3) is 15.9 Å². The second kappa shape index (κ2) is 9.64. The molecule has 0 aliphatic heterocycles. The number of hydrogen-bond donors (Lipinski definition) is 0. The van der Waals surface area contributed by atoms with Gasteiger partial charge in [-0.2, -0.15) is 0 Å². The average Bonchev–Trinajstić information content (AvgIpc) is 3.53. The summed E-state index contributed by atoms with van der Waals surface area (Å²) in [6, 6.07) is 7.63. The van der Waals surface area contributed by atoms with Crippen molar-refractivity contribution in [3.63, 3.8) is 0 Å². The SMILES string of the molecule is CCCCn1nnnc1CSc1nc2sc3c(c2c(=O)n1-c1ccc(OCC)cc1)CCC3. The molecule has 5 rings (SSSR count). The summed E-state index contributed by atoms with van der Waals surface area (Å²) in [7, 11) is 0. The lowest BCUT2D eigenvalue weighted by Crippen LogP contribution is -2.22. The number of nitrogens with zero attached hydrogens (tertiary/aromatic N) is 6. The predicted octanol–water partition coefficient (Wildman–Crippen LogP) is 4.41. The molecule has 1 aliphatic rings. The van der Waals surface area contributed by atoms with Crippen LogP contribution in [0.15, 0.2) is 34.2 Å². The highest BCUT2D eigenvalue weighted by molar-refractivity contribution is 7.98. The smallest absolute Gasteiger partial charge is 0.267 e. The third-order valence-electron chi connectivity index (χ3n) is 5.77. The van der Waals surface area contributed by atoms with Crippen LogP contribution < -0.4 is 10.3 Å². The van der Waals surface area contributed by atoms with Gasteiger partial charge in [-0.1, -0.05) is 25.1 Å². The van der Waals surface area contributed by atoms with E-state index in [1.807, 2.05) is 35.9 Å². The van der Waals surface area contributed by atoms with Gasteiger partial charge in [0.05, 0.1) is 23.4 Å². The van der Waals surface area contributed by atoms with Gasteiger partial charge in [0.1, 0.15) is 10.6 Å². The quantitative estimate of drug-likeness (QED) is 0.258. The summed E-state index contributed by atoms with van der Waals surface area (Å²) < 4.78 is 9.16. The van der Waals surface area contributed by atoms with Crippen molar-refractivity contribution in [3.8, 4) is 11.4 Å². The van der Waals surface area contributed by atoms with Crippen LogP contribution >= 0.6 is 23.1 Å². The minimum Gasteiger partial charge on any atom is -0.494 e. The van der Waals surface area contributed by atoms with E-state index in [0.717, 1.165) is 66.1 Å². The van der Waals surface area contributed by atoms with E-state index in [9.17, 15) is 4.79 Å². The zero-order valence-electron chi connectivity index (χ0n) is 18.8. The fraction of sp³-hybridized carbons (Fsp3) is 0.435. The normalized spacial score (nSPS) is 13.0. The summed E-state index contributed by atoms with van der Waals surface area (Å²) in [6.45, 7) is 5.49. The minimum atomic E-state index is -0.00312. The number of rotatable bonds is 9. The van der Waals surface area contributed by atoms with Crippen LogP contribution in [-0.4, -0.2) is 36.4 Å². The maximum Gasteiger partial charge on any atom is 0.267 e. The number of unbranched alkanes of at least 4 members (excludes halogenated alkanes) is 1. The summed E-state index contributed by atoms with van der Waals surface area (Å²) in [5.74, 6) is 2.11. The molecule has 172 valence electrons. The second-order valence-corrected chi connectivity index (χ2v) is 9.99. The van der Waals surface area contributed by atoms with Crippen LogP contribution in [0, 0.1) is 0 Å². The minimum absolute atomic E-state index is 0.00312. The van der Waals surface area contributed by atoms with Gasteiger partial charge in [-0.25, -0.2) is 9.67 Å². The molecular weight excluding hydrogens is 456 g/mol. The van der Waals surface area contributed by atoms with Gasteiger partial charge in [0, 0.05) is 11.4 Å². The highest BCUT2D eigenvalue weighted by atomic mass is 32.2. The Morgan fingerprint density at radius 2 is 2.03 bits per heavy atom. The van der Waals surface area contributed by atoms with Crippen LogP contribution in [-0.2, 0) is 25.1 Å². The maximum absolute atomic E-state index is 13.8. The van der Waals surface area contributed by atoms with E-state index in [2.05, 4.69) is 22.4 Å². The molecule has 0 atom stereocenters. The van der Waals surface area contributed by atoms with E-state index < -0.39 is 0 Å². The Hall–Kier alpha value is -2.72. The first-order valence-corrected chi connectivity index (χ1v) is 13.2.